The molecule has 0 N–H and O–H groups in total. The topological polar surface area (TPSA) is 162 Å². The maximum atomic E-state index is 12.0. The Morgan fingerprint density at radius 2 is 0.769 bits per heavy atom. The van der Waals surface area contributed by atoms with Gasteiger partial charge in [-0.3, -0.25) is 8.98 Å². The number of carbonyl (C=O) groups is 1. The van der Waals surface area contributed by atoms with Crippen LogP contribution in [0.5, 0.6) is 0 Å². The highest BCUT2D eigenvalue weighted by atomic mass is 32.2. The first-order valence-electron chi connectivity index (χ1n) is 18.4. The van der Waals surface area contributed by atoms with Crippen LogP contribution in [0.15, 0.2) is 35.2 Å². The van der Waals surface area contributed by atoms with Gasteiger partial charge in [0.05, 0.1) is 144 Å². The molecule has 304 valence electrons. The lowest BCUT2D eigenvalue weighted by Gasteiger charge is -2.09. The maximum absolute atomic E-state index is 12.0. The van der Waals surface area contributed by atoms with Crippen molar-refractivity contribution in [2.24, 2.45) is 0 Å². The van der Waals surface area contributed by atoms with Crippen LogP contribution in [-0.4, -0.2) is 160 Å². The number of benzene rings is 1. The monoisotopic (exact) mass is 768 g/mol. The highest BCUT2D eigenvalue weighted by Gasteiger charge is 2.13. The minimum Gasteiger partial charge on any atom is -0.463 e. The van der Waals surface area contributed by atoms with Crippen LogP contribution < -0.4 is 0 Å². The van der Waals surface area contributed by atoms with E-state index in [0.29, 0.717) is 132 Å². The van der Waals surface area contributed by atoms with Gasteiger partial charge in [-0.25, -0.2) is 0 Å². The van der Waals surface area contributed by atoms with Crippen LogP contribution in [0.1, 0.15) is 45.4 Å². The summed E-state index contributed by atoms with van der Waals surface area (Å²) >= 11 is 0. The summed E-state index contributed by atoms with van der Waals surface area (Å²) in [5.41, 5.74) is 0. The van der Waals surface area contributed by atoms with Crippen molar-refractivity contribution >= 4 is 16.1 Å². The van der Waals surface area contributed by atoms with E-state index in [2.05, 4.69) is 6.92 Å². The number of hydrogen-bond donors (Lipinski definition) is 0. The van der Waals surface area contributed by atoms with Crippen molar-refractivity contribution < 1.29 is 69.5 Å². The quantitative estimate of drug-likeness (QED) is 0.0541. The van der Waals surface area contributed by atoms with Gasteiger partial charge in [-0.2, -0.15) is 8.42 Å². The van der Waals surface area contributed by atoms with Gasteiger partial charge >= 0.3 is 5.97 Å². The van der Waals surface area contributed by atoms with Crippen LogP contribution in [0.2, 0.25) is 0 Å². The first-order valence-corrected chi connectivity index (χ1v) is 19.8. The normalized spacial score (nSPS) is 11.7. The zero-order valence-corrected chi connectivity index (χ0v) is 32.0. The SMILES string of the molecule is CCCCCCCC(=O)OCCOCCOCCOCCOCCOCCOCCOCCOCCOCCOCCOS(=O)(=O)c1ccccc1. The second-order valence-corrected chi connectivity index (χ2v) is 12.7. The van der Waals surface area contributed by atoms with Crippen LogP contribution in [0.3, 0.4) is 0 Å². The molecule has 15 nitrogen and oxygen atoms in total. The predicted molar refractivity (Wildman–Crippen MR) is 192 cm³/mol. The molecule has 0 radical (unpaired) electrons. The van der Waals surface area contributed by atoms with Crippen LogP contribution in [0.25, 0.3) is 0 Å². The predicted octanol–water partition coefficient (Wildman–Crippen LogP) is 3.46. The molecule has 0 heterocycles. The molecule has 0 saturated heterocycles. The number of hydrogen-bond acceptors (Lipinski definition) is 15. The summed E-state index contributed by atoms with van der Waals surface area (Å²) < 4.78 is 88.4. The molecule has 0 amide bonds. The molecule has 16 heteroatoms. The molecule has 52 heavy (non-hydrogen) atoms. The summed E-state index contributed by atoms with van der Waals surface area (Å²) in [5.74, 6) is -0.155. The summed E-state index contributed by atoms with van der Waals surface area (Å²) in [4.78, 5) is 11.7. The molecule has 0 saturated carbocycles. The summed E-state index contributed by atoms with van der Waals surface area (Å²) in [6.07, 6.45) is 6.03. The molecule has 0 aliphatic heterocycles. The minimum atomic E-state index is -3.76. The van der Waals surface area contributed by atoms with Gasteiger partial charge in [-0.15, -0.1) is 0 Å². The van der Waals surface area contributed by atoms with Crippen molar-refractivity contribution in [1.82, 2.24) is 0 Å². The van der Waals surface area contributed by atoms with E-state index in [9.17, 15) is 13.2 Å². The van der Waals surface area contributed by atoms with Gasteiger partial charge in [0.1, 0.15) is 6.61 Å². The van der Waals surface area contributed by atoms with Crippen LogP contribution in [0.4, 0.5) is 0 Å². The van der Waals surface area contributed by atoms with Crippen LogP contribution >= 0.6 is 0 Å². The Labute approximate surface area is 311 Å². The van der Waals surface area contributed by atoms with Crippen LogP contribution in [-0.2, 0) is 71.2 Å². The van der Waals surface area contributed by atoms with E-state index in [1.165, 1.54) is 31.4 Å². The van der Waals surface area contributed by atoms with E-state index in [-0.39, 0.29) is 30.7 Å². The van der Waals surface area contributed by atoms with Gasteiger partial charge < -0.3 is 52.1 Å². The molecule has 0 aliphatic carbocycles. The van der Waals surface area contributed by atoms with Crippen molar-refractivity contribution in [3.05, 3.63) is 30.3 Å². The van der Waals surface area contributed by atoms with Crippen molar-refractivity contribution in [1.29, 1.82) is 0 Å². The number of rotatable bonds is 41. The standard InChI is InChI=1S/C36H64O15S/c1-2-3-4-5-9-12-36(37)50-33-31-48-29-27-46-25-23-44-21-19-42-17-15-40-13-14-41-16-18-43-20-22-45-24-26-47-28-30-49-32-34-51-52(38,39)35-10-7-6-8-11-35/h6-8,10-11H,2-5,9,12-34H2,1H3. The van der Waals surface area contributed by atoms with Crippen molar-refractivity contribution in [2.45, 2.75) is 50.3 Å². The Morgan fingerprint density at radius 1 is 0.442 bits per heavy atom. The number of esters is 1. The lowest BCUT2D eigenvalue weighted by molar-refractivity contribution is -0.145. The third-order valence-corrected chi connectivity index (χ3v) is 8.15. The maximum Gasteiger partial charge on any atom is 0.305 e. The van der Waals surface area contributed by atoms with Gasteiger partial charge in [-0.05, 0) is 18.6 Å². The number of ether oxygens (including phenoxy) is 11. The fraction of sp³-hybridized carbons (Fsp3) is 0.806. The molecule has 0 bridgehead atoms. The molecule has 0 spiro atoms. The average molecular weight is 769 g/mol. The van der Waals surface area contributed by atoms with Crippen molar-refractivity contribution in [3.8, 4) is 0 Å². The summed E-state index contributed by atoms with van der Waals surface area (Å²) in [5, 5.41) is 0. The van der Waals surface area contributed by atoms with Crippen LogP contribution in [0, 0.1) is 0 Å². The van der Waals surface area contributed by atoms with E-state index in [1.54, 1.807) is 18.2 Å². The zero-order valence-electron chi connectivity index (χ0n) is 31.2. The Balaban J connectivity index is 1.66. The molecule has 1 rings (SSSR count). The van der Waals surface area contributed by atoms with Gasteiger partial charge in [-0.1, -0.05) is 50.8 Å². The molecule has 0 aliphatic rings. The Morgan fingerprint density at radius 3 is 1.13 bits per heavy atom. The Bertz CT molecular complexity index is 1000. The number of unbranched alkanes of at least 4 members (excludes halogenated alkanes) is 4. The highest BCUT2D eigenvalue weighted by Crippen LogP contribution is 2.11. The first-order chi connectivity index (χ1) is 25.6. The molecule has 1 aromatic carbocycles. The third-order valence-electron chi connectivity index (χ3n) is 6.82. The van der Waals surface area contributed by atoms with Crippen molar-refractivity contribution in [2.75, 3.05) is 145 Å². The van der Waals surface area contributed by atoms with E-state index in [0.717, 1.165) is 12.8 Å². The summed E-state index contributed by atoms with van der Waals surface area (Å²) in [6, 6.07) is 7.97. The molecule has 0 unspecified atom stereocenters. The summed E-state index contributed by atoms with van der Waals surface area (Å²) in [6.45, 7) is 11.0. The van der Waals surface area contributed by atoms with Gasteiger partial charge in [0.25, 0.3) is 10.1 Å². The lowest BCUT2D eigenvalue weighted by atomic mass is 10.1. The smallest absolute Gasteiger partial charge is 0.305 e. The second kappa shape index (κ2) is 37.5. The number of carbonyl (C=O) groups excluding carboxylic acids is 1. The lowest BCUT2D eigenvalue weighted by Crippen LogP contribution is -2.16. The van der Waals surface area contributed by atoms with E-state index >= 15 is 0 Å². The van der Waals surface area contributed by atoms with E-state index in [1.807, 2.05) is 0 Å². The van der Waals surface area contributed by atoms with E-state index < -0.39 is 10.1 Å². The Hall–Kier alpha value is -1.80. The molecule has 0 fully saturated rings. The van der Waals surface area contributed by atoms with E-state index in [4.69, 9.17) is 56.3 Å². The molecule has 0 atom stereocenters. The largest absolute Gasteiger partial charge is 0.463 e. The highest BCUT2D eigenvalue weighted by molar-refractivity contribution is 7.86. The van der Waals surface area contributed by atoms with Gasteiger partial charge in [0, 0.05) is 6.42 Å². The molecule has 1 aromatic rings. The minimum absolute atomic E-state index is 0.0622. The van der Waals surface area contributed by atoms with Gasteiger partial charge in [0.2, 0.25) is 0 Å². The molecule has 0 aromatic heterocycles. The third kappa shape index (κ3) is 32.8. The zero-order chi connectivity index (χ0) is 37.5. The average Bonchev–Trinajstić information content (AvgIpc) is 3.15. The summed E-state index contributed by atoms with van der Waals surface area (Å²) in [7, 11) is -3.76. The molecular weight excluding hydrogens is 704 g/mol. The Kier molecular flexibility index (Phi) is 34.8. The first kappa shape index (κ1) is 48.2. The van der Waals surface area contributed by atoms with Gasteiger partial charge in [0.15, 0.2) is 0 Å². The fourth-order valence-corrected chi connectivity index (χ4v) is 5.01. The fourth-order valence-electron chi connectivity index (χ4n) is 4.10. The van der Waals surface area contributed by atoms with Crippen molar-refractivity contribution in [3.63, 3.8) is 0 Å². The second-order valence-electron chi connectivity index (χ2n) is 11.1. The molecular formula is C36H64O15S.